The van der Waals surface area contributed by atoms with Crippen molar-refractivity contribution in [2.45, 2.75) is 213 Å². The lowest BCUT2D eigenvalue weighted by molar-refractivity contribution is -0.161. The third kappa shape index (κ3) is 38.7. The summed E-state index contributed by atoms with van der Waals surface area (Å²) in [5, 5.41) is 9.56. The standard InChI is InChI=1S/C45H80O5/c1-3-5-7-9-11-13-15-17-19-20-21-22-23-24-26-28-30-32-34-36-38-40-45(48)50-43(41-46)42-49-44(47)39-37-35-33-31-29-27-25-18-16-14-12-10-8-6-4-2/h19-20,22-23,26,28,32,34,43,46H,3-18,21,24-25,27,29-31,33,35-42H2,1-2H3/b20-19+,23-22+,28-26+,34-32+/t43-/m0/s1. The molecule has 0 aliphatic rings. The van der Waals surface area contributed by atoms with Crippen molar-refractivity contribution >= 4 is 11.9 Å². The minimum atomic E-state index is -0.798. The Labute approximate surface area is 309 Å². The second-order valence-electron chi connectivity index (χ2n) is 14.1. The van der Waals surface area contributed by atoms with E-state index in [-0.39, 0.29) is 31.6 Å². The molecule has 0 aromatic heterocycles. The molecule has 5 nitrogen and oxygen atoms in total. The van der Waals surface area contributed by atoms with Crippen LogP contribution in [0.1, 0.15) is 206 Å². The predicted molar refractivity (Wildman–Crippen MR) is 214 cm³/mol. The van der Waals surface area contributed by atoms with Crippen molar-refractivity contribution in [3.8, 4) is 0 Å². The predicted octanol–water partition coefficient (Wildman–Crippen LogP) is 13.4. The molecule has 0 radical (unpaired) electrons. The van der Waals surface area contributed by atoms with Gasteiger partial charge in [0, 0.05) is 12.8 Å². The van der Waals surface area contributed by atoms with E-state index in [1.807, 2.05) is 0 Å². The fourth-order valence-corrected chi connectivity index (χ4v) is 5.90. The Balaban J connectivity index is 3.64. The molecule has 0 bridgehead atoms. The van der Waals surface area contributed by atoms with Crippen LogP contribution in [-0.4, -0.2) is 36.4 Å². The smallest absolute Gasteiger partial charge is 0.306 e. The Kier molecular flexibility index (Phi) is 39.5. The zero-order valence-electron chi connectivity index (χ0n) is 32.9. The quantitative estimate of drug-likeness (QED) is 0.0394. The van der Waals surface area contributed by atoms with Crippen LogP contribution in [0.5, 0.6) is 0 Å². The highest BCUT2D eigenvalue weighted by molar-refractivity contribution is 5.70. The van der Waals surface area contributed by atoms with Crippen LogP contribution in [0.25, 0.3) is 0 Å². The molecule has 0 amide bonds. The fraction of sp³-hybridized carbons (Fsp3) is 0.778. The van der Waals surface area contributed by atoms with E-state index in [1.165, 1.54) is 128 Å². The van der Waals surface area contributed by atoms with Crippen LogP contribution < -0.4 is 0 Å². The first-order valence-electron chi connectivity index (χ1n) is 21.2. The van der Waals surface area contributed by atoms with Gasteiger partial charge < -0.3 is 14.6 Å². The van der Waals surface area contributed by atoms with Gasteiger partial charge in [0.05, 0.1) is 6.61 Å². The maximum absolute atomic E-state index is 12.2. The van der Waals surface area contributed by atoms with E-state index in [0.29, 0.717) is 12.8 Å². The van der Waals surface area contributed by atoms with Crippen molar-refractivity contribution in [3.05, 3.63) is 48.6 Å². The van der Waals surface area contributed by atoms with Crippen LogP contribution in [0.15, 0.2) is 48.6 Å². The van der Waals surface area contributed by atoms with Crippen LogP contribution in [-0.2, 0) is 19.1 Å². The van der Waals surface area contributed by atoms with E-state index in [4.69, 9.17) is 9.47 Å². The summed E-state index contributed by atoms with van der Waals surface area (Å²) in [5.74, 6) is -0.652. The largest absolute Gasteiger partial charge is 0.462 e. The van der Waals surface area contributed by atoms with Crippen molar-refractivity contribution in [2.75, 3.05) is 13.2 Å². The number of aliphatic hydroxyl groups excluding tert-OH is 1. The van der Waals surface area contributed by atoms with Crippen LogP contribution in [0.3, 0.4) is 0 Å². The number of carbonyl (C=O) groups excluding carboxylic acids is 2. The lowest BCUT2D eigenvalue weighted by atomic mass is 10.0. The molecule has 0 aromatic rings. The van der Waals surface area contributed by atoms with Crippen molar-refractivity contribution in [1.29, 1.82) is 0 Å². The fourth-order valence-electron chi connectivity index (χ4n) is 5.90. The summed E-state index contributed by atoms with van der Waals surface area (Å²) in [6.45, 7) is 4.10. The normalized spacial score (nSPS) is 12.6. The van der Waals surface area contributed by atoms with Gasteiger partial charge in [-0.15, -0.1) is 0 Å². The molecular formula is C45H80O5. The summed E-state index contributed by atoms with van der Waals surface area (Å²) >= 11 is 0. The van der Waals surface area contributed by atoms with E-state index in [0.717, 1.165) is 44.9 Å². The maximum atomic E-state index is 12.2. The molecule has 290 valence electrons. The Hall–Kier alpha value is -2.14. The minimum Gasteiger partial charge on any atom is -0.462 e. The molecular weight excluding hydrogens is 620 g/mol. The van der Waals surface area contributed by atoms with Gasteiger partial charge in [0.2, 0.25) is 0 Å². The Morgan fingerprint density at radius 1 is 0.460 bits per heavy atom. The number of hydrogen-bond donors (Lipinski definition) is 1. The molecule has 1 N–H and O–H groups in total. The molecule has 0 heterocycles. The first kappa shape index (κ1) is 47.9. The first-order valence-corrected chi connectivity index (χ1v) is 21.2. The van der Waals surface area contributed by atoms with E-state index in [1.54, 1.807) is 0 Å². The number of aliphatic hydroxyl groups is 1. The van der Waals surface area contributed by atoms with Gasteiger partial charge in [-0.2, -0.15) is 0 Å². The molecule has 0 saturated carbocycles. The topological polar surface area (TPSA) is 72.8 Å². The second kappa shape index (κ2) is 41.3. The lowest BCUT2D eigenvalue weighted by Gasteiger charge is -2.15. The number of ether oxygens (including phenoxy) is 2. The van der Waals surface area contributed by atoms with Crippen molar-refractivity contribution < 1.29 is 24.2 Å². The van der Waals surface area contributed by atoms with Crippen LogP contribution in [0.4, 0.5) is 0 Å². The summed E-state index contributed by atoms with van der Waals surface area (Å²) < 4.78 is 10.6. The number of carbonyl (C=O) groups is 2. The summed E-state index contributed by atoms with van der Waals surface area (Å²) in [5.41, 5.74) is 0. The molecule has 0 saturated heterocycles. The zero-order chi connectivity index (χ0) is 36.4. The summed E-state index contributed by atoms with van der Waals surface area (Å²) in [7, 11) is 0. The highest BCUT2D eigenvalue weighted by Gasteiger charge is 2.16. The second-order valence-corrected chi connectivity index (χ2v) is 14.1. The SMILES string of the molecule is CCCCCCCCC/C=C/C/C=C/C/C=C/C/C=C/CCCC(=O)O[C@@H](CO)COC(=O)CCCCCCCCCCCCCCCCC. The molecule has 1 atom stereocenters. The van der Waals surface area contributed by atoms with E-state index < -0.39 is 6.10 Å². The Bertz CT molecular complexity index is 842. The molecule has 0 rings (SSSR count). The molecule has 0 spiro atoms. The molecule has 0 fully saturated rings. The van der Waals surface area contributed by atoms with Crippen molar-refractivity contribution in [2.24, 2.45) is 0 Å². The molecule has 0 aliphatic carbocycles. The first-order chi connectivity index (χ1) is 24.6. The molecule has 50 heavy (non-hydrogen) atoms. The average Bonchev–Trinajstić information content (AvgIpc) is 3.12. The van der Waals surface area contributed by atoms with Gasteiger partial charge in [0.15, 0.2) is 6.10 Å². The highest BCUT2D eigenvalue weighted by atomic mass is 16.6. The van der Waals surface area contributed by atoms with Gasteiger partial charge in [0.25, 0.3) is 0 Å². The monoisotopic (exact) mass is 701 g/mol. The van der Waals surface area contributed by atoms with Gasteiger partial charge >= 0.3 is 11.9 Å². The van der Waals surface area contributed by atoms with Gasteiger partial charge in [-0.3, -0.25) is 9.59 Å². The Morgan fingerprint density at radius 2 is 0.820 bits per heavy atom. The van der Waals surface area contributed by atoms with E-state index >= 15 is 0 Å². The highest BCUT2D eigenvalue weighted by Crippen LogP contribution is 2.14. The van der Waals surface area contributed by atoms with Gasteiger partial charge in [0.1, 0.15) is 6.61 Å². The zero-order valence-corrected chi connectivity index (χ0v) is 32.9. The number of rotatable bonds is 38. The molecule has 0 aliphatic heterocycles. The number of hydrogen-bond acceptors (Lipinski definition) is 5. The Morgan fingerprint density at radius 3 is 1.26 bits per heavy atom. The van der Waals surface area contributed by atoms with E-state index in [2.05, 4.69) is 62.5 Å². The van der Waals surface area contributed by atoms with Crippen LogP contribution in [0, 0.1) is 0 Å². The number of allylic oxidation sites excluding steroid dienone is 8. The summed E-state index contributed by atoms with van der Waals surface area (Å²) in [6, 6.07) is 0. The van der Waals surface area contributed by atoms with Gasteiger partial charge in [-0.25, -0.2) is 0 Å². The van der Waals surface area contributed by atoms with Crippen molar-refractivity contribution in [3.63, 3.8) is 0 Å². The van der Waals surface area contributed by atoms with E-state index in [9.17, 15) is 14.7 Å². The lowest BCUT2D eigenvalue weighted by Crippen LogP contribution is -2.28. The number of unbranched alkanes of at least 4 members (excludes halogenated alkanes) is 22. The van der Waals surface area contributed by atoms with Gasteiger partial charge in [-0.05, 0) is 51.4 Å². The van der Waals surface area contributed by atoms with Crippen LogP contribution >= 0.6 is 0 Å². The molecule has 0 unspecified atom stereocenters. The summed E-state index contributed by atoms with van der Waals surface area (Å²) in [6.07, 6.45) is 51.8. The van der Waals surface area contributed by atoms with Crippen LogP contribution in [0.2, 0.25) is 0 Å². The maximum Gasteiger partial charge on any atom is 0.306 e. The van der Waals surface area contributed by atoms with Gasteiger partial charge in [-0.1, -0.05) is 191 Å². The average molecular weight is 701 g/mol. The third-order valence-electron chi connectivity index (χ3n) is 9.13. The molecule has 0 aromatic carbocycles. The molecule has 5 heteroatoms. The van der Waals surface area contributed by atoms with Crippen molar-refractivity contribution in [1.82, 2.24) is 0 Å². The third-order valence-corrected chi connectivity index (χ3v) is 9.13. The summed E-state index contributed by atoms with van der Waals surface area (Å²) in [4.78, 5) is 24.3. The number of esters is 2. The minimum absolute atomic E-state index is 0.0861.